The number of carboxylic acids is 1. The highest BCUT2D eigenvalue weighted by Crippen LogP contribution is 2.25. The molecule has 0 heterocycles. The molecule has 1 amide bonds. The molecular formula is C19H20N2O7. The molecule has 0 unspecified atom stereocenters. The van der Waals surface area contributed by atoms with E-state index in [9.17, 15) is 24.8 Å². The molecule has 0 spiro atoms. The quantitative estimate of drug-likeness (QED) is 0.470. The van der Waals surface area contributed by atoms with Crippen molar-refractivity contribution in [3.63, 3.8) is 0 Å². The topological polar surface area (TPSA) is 128 Å². The maximum atomic E-state index is 12.0. The van der Waals surface area contributed by atoms with E-state index in [-0.39, 0.29) is 25.3 Å². The van der Waals surface area contributed by atoms with Crippen LogP contribution < -0.4 is 10.1 Å². The van der Waals surface area contributed by atoms with Crippen LogP contribution in [0.1, 0.15) is 11.1 Å². The lowest BCUT2D eigenvalue weighted by Gasteiger charge is -2.16. The molecular weight excluding hydrogens is 368 g/mol. The number of hydrogen-bond acceptors (Lipinski definition) is 6. The average molecular weight is 388 g/mol. The number of nitrogens with zero attached hydrogens (tertiary/aromatic N) is 1. The zero-order valence-corrected chi connectivity index (χ0v) is 15.2. The largest absolute Gasteiger partial charge is 0.496 e. The van der Waals surface area contributed by atoms with Crippen LogP contribution in [0.2, 0.25) is 0 Å². The van der Waals surface area contributed by atoms with Gasteiger partial charge in [-0.2, -0.15) is 0 Å². The van der Waals surface area contributed by atoms with E-state index in [1.807, 2.05) is 30.3 Å². The molecule has 0 aromatic heterocycles. The van der Waals surface area contributed by atoms with E-state index >= 15 is 0 Å². The van der Waals surface area contributed by atoms with E-state index in [0.29, 0.717) is 11.3 Å². The first-order chi connectivity index (χ1) is 13.4. The third kappa shape index (κ3) is 6.06. The molecule has 0 saturated carbocycles. The number of carboxylic acid groups (broad SMARTS) is 1. The molecule has 28 heavy (non-hydrogen) atoms. The molecule has 2 N–H and O–H groups in total. The van der Waals surface area contributed by atoms with Gasteiger partial charge in [-0.05, 0) is 11.6 Å². The zero-order valence-electron chi connectivity index (χ0n) is 15.2. The van der Waals surface area contributed by atoms with Crippen molar-refractivity contribution in [1.29, 1.82) is 0 Å². The Morgan fingerprint density at radius 1 is 1.21 bits per heavy atom. The van der Waals surface area contributed by atoms with Gasteiger partial charge in [0.15, 0.2) is 0 Å². The summed E-state index contributed by atoms with van der Waals surface area (Å²) >= 11 is 0. The number of methoxy groups -OCH3 is 1. The lowest BCUT2D eigenvalue weighted by Crippen LogP contribution is -2.43. The Balaban J connectivity index is 1.99. The normalized spacial score (nSPS) is 11.5. The van der Waals surface area contributed by atoms with Crippen molar-refractivity contribution < 1.29 is 29.1 Å². The van der Waals surface area contributed by atoms with Gasteiger partial charge < -0.3 is 19.9 Å². The monoisotopic (exact) mass is 388 g/mol. The van der Waals surface area contributed by atoms with E-state index in [1.54, 1.807) is 0 Å². The van der Waals surface area contributed by atoms with Crippen LogP contribution in [0.4, 0.5) is 5.69 Å². The lowest BCUT2D eigenvalue weighted by molar-refractivity contribution is -0.384. The zero-order chi connectivity index (χ0) is 20.5. The van der Waals surface area contributed by atoms with Gasteiger partial charge in [0.1, 0.15) is 18.4 Å². The summed E-state index contributed by atoms with van der Waals surface area (Å²) < 4.78 is 10.4. The fourth-order valence-corrected chi connectivity index (χ4v) is 2.53. The van der Waals surface area contributed by atoms with E-state index < -0.39 is 22.8 Å². The number of amides is 1. The Labute approximate surface area is 161 Å². The van der Waals surface area contributed by atoms with Crippen LogP contribution in [0.3, 0.4) is 0 Å². The highest BCUT2D eigenvalue weighted by atomic mass is 16.6. The Hall–Kier alpha value is -3.46. The minimum absolute atomic E-state index is 0.176. The van der Waals surface area contributed by atoms with Crippen molar-refractivity contribution >= 4 is 17.6 Å². The van der Waals surface area contributed by atoms with Crippen LogP contribution in [0, 0.1) is 10.1 Å². The third-order valence-corrected chi connectivity index (χ3v) is 3.88. The minimum Gasteiger partial charge on any atom is -0.496 e. The first-order valence-corrected chi connectivity index (χ1v) is 8.36. The van der Waals surface area contributed by atoms with Crippen molar-refractivity contribution in [2.45, 2.75) is 19.1 Å². The maximum Gasteiger partial charge on any atom is 0.326 e. The van der Waals surface area contributed by atoms with Gasteiger partial charge in [0.2, 0.25) is 5.91 Å². The van der Waals surface area contributed by atoms with E-state index in [4.69, 9.17) is 9.47 Å². The van der Waals surface area contributed by atoms with Gasteiger partial charge in [0.05, 0.1) is 18.6 Å². The molecule has 0 saturated heterocycles. The summed E-state index contributed by atoms with van der Waals surface area (Å²) in [5, 5.41) is 22.7. The van der Waals surface area contributed by atoms with Gasteiger partial charge in [-0.15, -0.1) is 0 Å². The number of nitro benzene ring substituents is 1. The van der Waals surface area contributed by atoms with E-state index in [1.165, 1.54) is 25.3 Å². The van der Waals surface area contributed by atoms with Crippen molar-refractivity contribution in [1.82, 2.24) is 5.32 Å². The number of carbonyl (C=O) groups excluding carboxylic acids is 1. The summed E-state index contributed by atoms with van der Waals surface area (Å²) in [6.07, 6.45) is -0.176. The molecule has 2 rings (SSSR count). The van der Waals surface area contributed by atoms with Crippen molar-refractivity contribution in [2.24, 2.45) is 0 Å². The summed E-state index contributed by atoms with van der Waals surface area (Å²) in [6.45, 7) is -0.102. The lowest BCUT2D eigenvalue weighted by atomic mass is 10.0. The Kier molecular flexibility index (Phi) is 7.46. The predicted octanol–water partition coefficient (Wildman–Crippen LogP) is 1.93. The number of nitro groups is 1. The molecule has 0 aliphatic rings. The fourth-order valence-electron chi connectivity index (χ4n) is 2.53. The molecule has 0 bridgehead atoms. The number of benzene rings is 2. The van der Waals surface area contributed by atoms with Crippen LogP contribution in [-0.2, 0) is 27.4 Å². The first-order valence-electron chi connectivity index (χ1n) is 8.36. The highest BCUT2D eigenvalue weighted by Gasteiger charge is 2.23. The summed E-state index contributed by atoms with van der Waals surface area (Å²) in [4.78, 5) is 33.9. The Morgan fingerprint density at radius 2 is 1.93 bits per heavy atom. The van der Waals surface area contributed by atoms with Crippen LogP contribution >= 0.6 is 0 Å². The summed E-state index contributed by atoms with van der Waals surface area (Å²) in [5.41, 5.74) is 0.985. The molecule has 1 atom stereocenters. The van der Waals surface area contributed by atoms with E-state index in [2.05, 4.69) is 5.32 Å². The number of hydrogen-bond donors (Lipinski definition) is 2. The Morgan fingerprint density at radius 3 is 2.54 bits per heavy atom. The SMILES string of the molecule is COc1ccc([N+](=O)[O-])cc1C[C@H](NC(=O)COCc1ccccc1)C(=O)O. The Bertz CT molecular complexity index is 839. The van der Waals surface area contributed by atoms with Gasteiger partial charge in [-0.3, -0.25) is 14.9 Å². The highest BCUT2D eigenvalue weighted by molar-refractivity contribution is 5.84. The number of ether oxygens (including phenoxy) is 2. The van der Waals surface area contributed by atoms with Gasteiger partial charge in [0, 0.05) is 24.1 Å². The minimum atomic E-state index is -1.29. The molecule has 0 aliphatic carbocycles. The molecule has 148 valence electrons. The number of rotatable bonds is 10. The van der Waals surface area contributed by atoms with Crippen LogP contribution in [-0.4, -0.2) is 41.7 Å². The number of carbonyl (C=O) groups is 2. The summed E-state index contributed by atoms with van der Waals surface area (Å²) in [5.74, 6) is -1.58. The molecule has 2 aromatic carbocycles. The molecule has 2 aromatic rings. The smallest absolute Gasteiger partial charge is 0.326 e. The van der Waals surface area contributed by atoms with Crippen molar-refractivity contribution in [2.75, 3.05) is 13.7 Å². The molecule has 0 radical (unpaired) electrons. The molecule has 9 nitrogen and oxygen atoms in total. The summed E-state index contributed by atoms with van der Waals surface area (Å²) in [7, 11) is 1.37. The molecule has 9 heteroatoms. The van der Waals surface area contributed by atoms with Gasteiger partial charge >= 0.3 is 5.97 Å². The van der Waals surface area contributed by atoms with Gasteiger partial charge in [-0.1, -0.05) is 30.3 Å². The molecule has 0 aliphatic heterocycles. The molecule has 0 fully saturated rings. The predicted molar refractivity (Wildman–Crippen MR) is 99.0 cm³/mol. The standard InChI is InChI=1S/C19H20N2O7/c1-27-17-8-7-15(21(25)26)9-14(17)10-16(19(23)24)20-18(22)12-28-11-13-5-3-2-4-6-13/h2-9,16H,10-12H2,1H3,(H,20,22)(H,23,24)/t16-/m0/s1. The number of aliphatic carboxylic acids is 1. The number of nitrogens with one attached hydrogen (secondary N) is 1. The second kappa shape index (κ2) is 10.0. The number of non-ortho nitro benzene ring substituents is 1. The fraction of sp³-hybridized carbons (Fsp3) is 0.263. The second-order valence-electron chi connectivity index (χ2n) is 5.89. The van der Waals surface area contributed by atoms with Gasteiger partial charge in [-0.25, -0.2) is 4.79 Å². The summed E-state index contributed by atoms with van der Waals surface area (Å²) in [6, 6.07) is 11.8. The van der Waals surface area contributed by atoms with Crippen LogP contribution in [0.25, 0.3) is 0 Å². The average Bonchev–Trinajstić information content (AvgIpc) is 2.68. The van der Waals surface area contributed by atoms with Gasteiger partial charge in [0.25, 0.3) is 5.69 Å². The first kappa shape index (κ1) is 20.8. The van der Waals surface area contributed by atoms with Crippen molar-refractivity contribution in [3.05, 3.63) is 69.8 Å². The van der Waals surface area contributed by atoms with Crippen molar-refractivity contribution in [3.8, 4) is 5.75 Å². The van der Waals surface area contributed by atoms with Crippen LogP contribution in [0.5, 0.6) is 5.75 Å². The third-order valence-electron chi connectivity index (χ3n) is 3.88. The van der Waals surface area contributed by atoms with E-state index in [0.717, 1.165) is 5.56 Å². The van der Waals surface area contributed by atoms with Crippen LogP contribution in [0.15, 0.2) is 48.5 Å². The second-order valence-corrected chi connectivity index (χ2v) is 5.89. The maximum absolute atomic E-state index is 12.0.